The van der Waals surface area contributed by atoms with Gasteiger partial charge in [-0.1, -0.05) is 147 Å². The first-order valence-electron chi connectivity index (χ1n) is 19.7. The Labute approximate surface area is 333 Å². The minimum absolute atomic E-state index is 0.133. The topological polar surface area (TPSA) is 12.5 Å². The van der Waals surface area contributed by atoms with E-state index in [0.29, 0.717) is 0 Å². The number of fused-ring (bicyclic) bond motifs is 9. The molecule has 0 saturated heterocycles. The largest absolute Gasteiger partial charge is 0.456 e. The molecule has 0 bridgehead atoms. The zero-order valence-electron chi connectivity index (χ0n) is 31.9. The summed E-state index contributed by atoms with van der Waals surface area (Å²) >= 11 is 0. The molecule has 0 fully saturated rings. The summed E-state index contributed by atoms with van der Waals surface area (Å²) < 4.78 is 6.93. The summed E-state index contributed by atoms with van der Waals surface area (Å²) in [6.07, 6.45) is 0. The van der Waals surface area contributed by atoms with E-state index in [-0.39, 0.29) is 5.41 Å². The van der Waals surface area contributed by atoms with E-state index in [1.54, 1.807) is 0 Å². The highest BCUT2D eigenvalue weighted by Crippen LogP contribution is 2.53. The Kier molecular flexibility index (Phi) is 7.55. The predicted molar refractivity (Wildman–Crippen MR) is 238 cm³/mol. The third-order valence-corrected chi connectivity index (χ3v) is 12.0. The Balaban J connectivity index is 1.13. The summed E-state index contributed by atoms with van der Waals surface area (Å²) in [7, 11) is 0. The lowest BCUT2D eigenvalue weighted by Gasteiger charge is -2.29. The minimum Gasteiger partial charge on any atom is -0.456 e. The lowest BCUT2D eigenvalue weighted by atomic mass is 9.82. The van der Waals surface area contributed by atoms with Crippen molar-refractivity contribution >= 4 is 27.8 Å². The van der Waals surface area contributed by atoms with Gasteiger partial charge in [-0.25, -0.2) is 0 Å². The van der Waals surface area contributed by atoms with E-state index in [1.807, 2.05) is 0 Å². The third kappa shape index (κ3) is 5.48. The van der Waals surface area contributed by atoms with Gasteiger partial charge in [0.25, 0.3) is 0 Å². The molecule has 0 unspecified atom stereocenters. The summed E-state index contributed by atoms with van der Waals surface area (Å²) in [6, 6.07) is 72.6. The van der Waals surface area contributed by atoms with Gasteiger partial charge in [0.15, 0.2) is 0 Å². The van der Waals surface area contributed by atoms with Gasteiger partial charge in [0.05, 0.1) is 0 Å². The Morgan fingerprint density at radius 1 is 0.333 bits per heavy atom. The first-order valence-corrected chi connectivity index (χ1v) is 19.7. The van der Waals surface area contributed by atoms with Gasteiger partial charge in [0, 0.05) is 33.6 Å². The van der Waals surface area contributed by atoms with Gasteiger partial charge in [-0.15, -0.1) is 0 Å². The first-order chi connectivity index (χ1) is 28.0. The van der Waals surface area contributed by atoms with Gasteiger partial charge in [-0.3, -0.25) is 0 Å². The number of nitrogens with zero attached hydrogens (tertiary/aromatic N) is 1. The van der Waals surface area contributed by atoms with E-state index in [1.165, 1.54) is 49.7 Å². The fraction of sp³-hybridized carbons (Fsp3) is 0.0545. The van der Waals surface area contributed by atoms with E-state index in [0.717, 1.165) is 56.4 Å². The molecule has 2 nitrogen and oxygen atoms in total. The monoisotopic (exact) mass is 729 g/mol. The molecule has 0 atom stereocenters. The van der Waals surface area contributed by atoms with Crippen LogP contribution in [0.2, 0.25) is 0 Å². The second-order valence-electron chi connectivity index (χ2n) is 15.8. The molecule has 2 heteroatoms. The molecule has 0 saturated carbocycles. The number of ether oxygens (including phenoxy) is 1. The molecule has 1 aliphatic carbocycles. The number of hydrogen-bond acceptors (Lipinski definition) is 2. The summed E-state index contributed by atoms with van der Waals surface area (Å²) in [6.45, 7) is 4.70. The van der Waals surface area contributed by atoms with E-state index >= 15 is 0 Å². The van der Waals surface area contributed by atoms with Crippen molar-refractivity contribution in [1.82, 2.24) is 0 Å². The van der Waals surface area contributed by atoms with Crippen molar-refractivity contribution in [2.75, 3.05) is 4.90 Å². The zero-order chi connectivity index (χ0) is 38.1. The minimum atomic E-state index is -0.133. The van der Waals surface area contributed by atoms with Crippen LogP contribution in [0.3, 0.4) is 0 Å². The molecular weight excluding hydrogens is 691 g/mol. The van der Waals surface area contributed by atoms with Crippen LogP contribution in [-0.4, -0.2) is 0 Å². The standard InChI is InChI=1S/C55H39NO/c1-55(2)51-23-12-11-22-45(51)46-27-25-44(35-52(46)55)56(42-21-13-20-38(30-42)36-14-5-3-6-15-36)43-26-29-54-50(34-43)48-32-40-19-10-9-18-39(40)31-47(48)49-33-41(24-28-53(49)57-54)37-16-7-4-8-17-37/h3-35H,1-2H3. The molecule has 11 rings (SSSR count). The zero-order valence-corrected chi connectivity index (χ0v) is 31.9. The second-order valence-corrected chi connectivity index (χ2v) is 15.8. The summed E-state index contributed by atoms with van der Waals surface area (Å²) in [5.41, 5.74) is 17.6. The van der Waals surface area contributed by atoms with Crippen LogP contribution < -0.4 is 9.64 Å². The maximum absolute atomic E-state index is 6.93. The van der Waals surface area contributed by atoms with Crippen molar-refractivity contribution in [3.8, 4) is 67.1 Å². The van der Waals surface area contributed by atoms with Crippen molar-refractivity contribution in [3.63, 3.8) is 0 Å². The lowest BCUT2D eigenvalue weighted by Crippen LogP contribution is -2.16. The van der Waals surface area contributed by atoms with Gasteiger partial charge in [0.1, 0.15) is 11.5 Å². The van der Waals surface area contributed by atoms with Gasteiger partial charge < -0.3 is 9.64 Å². The SMILES string of the molecule is CC1(C)c2ccccc2-c2ccc(N(c3cccc(-c4ccccc4)c3)c3ccc4c(c3)-c3cc5ccccc5cc3-c3cc(-c5ccccc5)ccc3O4)cc21. The van der Waals surface area contributed by atoms with Crippen molar-refractivity contribution < 1.29 is 4.74 Å². The molecule has 1 heterocycles. The van der Waals surface area contributed by atoms with E-state index in [2.05, 4.69) is 219 Å². The second kappa shape index (κ2) is 13.0. The van der Waals surface area contributed by atoms with Crippen LogP contribution in [0.1, 0.15) is 25.0 Å². The molecule has 270 valence electrons. The molecule has 0 N–H and O–H groups in total. The first kappa shape index (κ1) is 33.2. The van der Waals surface area contributed by atoms with Crippen LogP contribution >= 0.6 is 0 Å². The van der Waals surface area contributed by atoms with Gasteiger partial charge in [0.2, 0.25) is 0 Å². The number of anilines is 3. The molecule has 1 aliphatic heterocycles. The Bertz CT molecular complexity index is 3020. The smallest absolute Gasteiger partial charge is 0.135 e. The summed E-state index contributed by atoms with van der Waals surface area (Å²) in [5, 5.41) is 2.40. The van der Waals surface area contributed by atoms with E-state index < -0.39 is 0 Å². The van der Waals surface area contributed by atoms with Crippen LogP contribution in [0.5, 0.6) is 11.5 Å². The third-order valence-electron chi connectivity index (χ3n) is 12.0. The average Bonchev–Trinajstić information content (AvgIpc) is 3.40. The Hall–Kier alpha value is -7.16. The van der Waals surface area contributed by atoms with Crippen molar-refractivity contribution in [2.45, 2.75) is 19.3 Å². The lowest BCUT2D eigenvalue weighted by molar-refractivity contribution is 0.488. The molecule has 9 aromatic rings. The quantitative estimate of drug-likeness (QED) is 0.175. The number of rotatable bonds is 5. The van der Waals surface area contributed by atoms with Crippen LogP contribution in [0.15, 0.2) is 200 Å². The molecule has 57 heavy (non-hydrogen) atoms. The number of hydrogen-bond donors (Lipinski definition) is 0. The Morgan fingerprint density at radius 2 is 0.860 bits per heavy atom. The predicted octanol–water partition coefficient (Wildman–Crippen LogP) is 15.4. The molecule has 0 spiro atoms. The average molecular weight is 730 g/mol. The summed E-state index contributed by atoms with van der Waals surface area (Å²) in [4.78, 5) is 2.42. The maximum Gasteiger partial charge on any atom is 0.135 e. The van der Waals surface area contributed by atoms with E-state index in [9.17, 15) is 0 Å². The fourth-order valence-electron chi connectivity index (χ4n) is 9.13. The van der Waals surface area contributed by atoms with Crippen LogP contribution in [0, 0.1) is 0 Å². The Morgan fingerprint density at radius 3 is 1.58 bits per heavy atom. The van der Waals surface area contributed by atoms with Gasteiger partial charge in [-0.05, 0) is 133 Å². The molecule has 0 aromatic heterocycles. The van der Waals surface area contributed by atoms with Crippen molar-refractivity contribution in [2.24, 2.45) is 0 Å². The molecular formula is C55H39NO. The van der Waals surface area contributed by atoms with Gasteiger partial charge >= 0.3 is 0 Å². The van der Waals surface area contributed by atoms with Crippen LogP contribution in [-0.2, 0) is 5.41 Å². The molecule has 2 aliphatic rings. The molecule has 9 aromatic carbocycles. The highest BCUT2D eigenvalue weighted by molar-refractivity contribution is 6.01. The van der Waals surface area contributed by atoms with Crippen molar-refractivity contribution in [3.05, 3.63) is 211 Å². The molecule has 0 amide bonds. The number of benzene rings is 9. The van der Waals surface area contributed by atoms with E-state index in [4.69, 9.17) is 4.74 Å². The van der Waals surface area contributed by atoms with Crippen LogP contribution in [0.25, 0.3) is 66.4 Å². The fourth-order valence-corrected chi connectivity index (χ4v) is 9.13. The normalized spacial score (nSPS) is 13.0. The van der Waals surface area contributed by atoms with Crippen LogP contribution in [0.4, 0.5) is 17.1 Å². The highest BCUT2D eigenvalue weighted by Gasteiger charge is 2.36. The maximum atomic E-state index is 6.93. The highest BCUT2D eigenvalue weighted by atomic mass is 16.5. The van der Waals surface area contributed by atoms with Crippen molar-refractivity contribution in [1.29, 1.82) is 0 Å². The summed E-state index contributed by atoms with van der Waals surface area (Å²) in [5.74, 6) is 1.69. The van der Waals surface area contributed by atoms with Gasteiger partial charge in [-0.2, -0.15) is 0 Å². The molecule has 0 radical (unpaired) electrons.